The number of hydrogen-bond acceptors (Lipinski definition) is 2. The van der Waals surface area contributed by atoms with Gasteiger partial charge < -0.3 is 5.73 Å². The monoisotopic (exact) mass is 165 g/mol. The molecule has 2 rings (SSSR count). The number of nitrogens with zero attached hydrogens (tertiary/aromatic N) is 1. The Morgan fingerprint density at radius 3 is 3.33 bits per heavy atom. The van der Waals surface area contributed by atoms with Crippen molar-refractivity contribution in [2.24, 2.45) is 5.73 Å². The zero-order valence-corrected chi connectivity index (χ0v) is 6.71. The van der Waals surface area contributed by atoms with Crippen molar-refractivity contribution < 1.29 is 4.79 Å². The van der Waals surface area contributed by atoms with Gasteiger partial charge in [-0.05, 0) is 19.3 Å². The number of nitrogens with two attached hydrogens (primary N) is 1. The van der Waals surface area contributed by atoms with Crippen molar-refractivity contribution in [1.29, 1.82) is 0 Å². The molecular weight excluding hydrogens is 154 g/mol. The molecule has 0 saturated carbocycles. The van der Waals surface area contributed by atoms with Gasteiger partial charge in [0.2, 0.25) is 5.91 Å². The van der Waals surface area contributed by atoms with Crippen molar-refractivity contribution in [3.8, 4) is 0 Å². The molecule has 0 spiro atoms. The van der Waals surface area contributed by atoms with Crippen molar-refractivity contribution in [3.05, 3.63) is 17.5 Å². The minimum absolute atomic E-state index is 0.118. The Hall–Kier alpha value is -1.32. The van der Waals surface area contributed by atoms with Gasteiger partial charge in [-0.1, -0.05) is 0 Å². The number of hydrogen-bond donors (Lipinski definition) is 2. The standard InChI is InChI=1S/C8H11N3O/c9-8(12)5-2-1-3-7-6(5)4-10-11-7/h4-5H,1-3H2,(H2,9,12)(H,10,11). The summed E-state index contributed by atoms with van der Waals surface area (Å²) in [7, 11) is 0. The Labute approximate surface area is 70.1 Å². The van der Waals surface area contributed by atoms with Gasteiger partial charge in [0.25, 0.3) is 0 Å². The normalized spacial score (nSPS) is 21.8. The predicted molar refractivity (Wildman–Crippen MR) is 43.5 cm³/mol. The number of aromatic nitrogens is 2. The Morgan fingerprint density at radius 1 is 1.75 bits per heavy atom. The minimum atomic E-state index is -0.239. The number of aryl methyl sites for hydroxylation is 1. The highest BCUT2D eigenvalue weighted by atomic mass is 16.1. The molecule has 0 aromatic carbocycles. The van der Waals surface area contributed by atoms with E-state index in [0.717, 1.165) is 30.5 Å². The third kappa shape index (κ3) is 0.995. The molecule has 0 radical (unpaired) electrons. The van der Waals surface area contributed by atoms with E-state index in [-0.39, 0.29) is 11.8 Å². The molecule has 1 aromatic heterocycles. The first-order chi connectivity index (χ1) is 5.79. The highest BCUT2D eigenvalue weighted by molar-refractivity contribution is 5.82. The van der Waals surface area contributed by atoms with Gasteiger partial charge in [0.1, 0.15) is 0 Å². The molecule has 1 heterocycles. The fraction of sp³-hybridized carbons (Fsp3) is 0.500. The molecule has 0 saturated heterocycles. The summed E-state index contributed by atoms with van der Waals surface area (Å²) in [5.74, 6) is -0.357. The van der Waals surface area contributed by atoms with Crippen LogP contribution in [0.4, 0.5) is 0 Å². The summed E-state index contributed by atoms with van der Waals surface area (Å²) in [6, 6.07) is 0. The summed E-state index contributed by atoms with van der Waals surface area (Å²) in [4.78, 5) is 11.0. The molecule has 1 aromatic rings. The highest BCUT2D eigenvalue weighted by Crippen LogP contribution is 2.29. The lowest BCUT2D eigenvalue weighted by Crippen LogP contribution is -2.24. The molecule has 1 amide bonds. The van der Waals surface area contributed by atoms with E-state index in [0.29, 0.717) is 0 Å². The molecule has 1 aliphatic carbocycles. The molecule has 0 aliphatic heterocycles. The SMILES string of the molecule is NC(=O)C1CCCc2[nH]ncc21. The summed E-state index contributed by atoms with van der Waals surface area (Å²) >= 11 is 0. The first-order valence-electron chi connectivity index (χ1n) is 4.10. The quantitative estimate of drug-likeness (QED) is 0.628. The third-order valence-electron chi connectivity index (χ3n) is 2.39. The summed E-state index contributed by atoms with van der Waals surface area (Å²) in [6.45, 7) is 0. The Balaban J connectivity index is 2.37. The molecule has 1 unspecified atom stereocenters. The van der Waals surface area contributed by atoms with Crippen LogP contribution in [0, 0.1) is 0 Å². The smallest absolute Gasteiger partial charge is 0.225 e. The van der Waals surface area contributed by atoms with Crippen molar-refractivity contribution in [1.82, 2.24) is 10.2 Å². The number of H-pyrrole nitrogens is 1. The lowest BCUT2D eigenvalue weighted by atomic mass is 9.87. The topological polar surface area (TPSA) is 71.8 Å². The first kappa shape index (κ1) is 7.34. The molecule has 64 valence electrons. The van der Waals surface area contributed by atoms with E-state index in [1.54, 1.807) is 6.20 Å². The average molecular weight is 165 g/mol. The summed E-state index contributed by atoms with van der Waals surface area (Å²) in [5.41, 5.74) is 7.33. The van der Waals surface area contributed by atoms with Gasteiger partial charge in [-0.3, -0.25) is 9.89 Å². The van der Waals surface area contributed by atoms with Crippen LogP contribution in [0.15, 0.2) is 6.20 Å². The van der Waals surface area contributed by atoms with Crippen LogP contribution in [0.5, 0.6) is 0 Å². The number of carbonyl (C=O) groups is 1. The second kappa shape index (κ2) is 2.62. The molecule has 4 heteroatoms. The van der Waals surface area contributed by atoms with Crippen LogP contribution in [-0.2, 0) is 11.2 Å². The van der Waals surface area contributed by atoms with E-state index in [4.69, 9.17) is 5.73 Å². The average Bonchev–Trinajstić information content (AvgIpc) is 2.49. The van der Waals surface area contributed by atoms with Crippen LogP contribution >= 0.6 is 0 Å². The molecule has 1 atom stereocenters. The van der Waals surface area contributed by atoms with E-state index in [9.17, 15) is 4.79 Å². The Morgan fingerprint density at radius 2 is 2.58 bits per heavy atom. The number of fused-ring (bicyclic) bond motifs is 1. The zero-order chi connectivity index (χ0) is 8.55. The Kier molecular flexibility index (Phi) is 1.60. The predicted octanol–water partition coefficient (Wildman–Crippen LogP) is 0.315. The highest BCUT2D eigenvalue weighted by Gasteiger charge is 2.25. The number of rotatable bonds is 1. The van der Waals surface area contributed by atoms with E-state index < -0.39 is 0 Å². The van der Waals surface area contributed by atoms with E-state index >= 15 is 0 Å². The minimum Gasteiger partial charge on any atom is -0.369 e. The number of primary amides is 1. The first-order valence-corrected chi connectivity index (χ1v) is 4.10. The van der Waals surface area contributed by atoms with Gasteiger partial charge in [-0.25, -0.2) is 0 Å². The summed E-state index contributed by atoms with van der Waals surface area (Å²) in [5, 5.41) is 6.79. The second-order valence-corrected chi connectivity index (χ2v) is 3.15. The van der Waals surface area contributed by atoms with Crippen LogP contribution in [0.1, 0.15) is 30.0 Å². The number of amides is 1. The summed E-state index contributed by atoms with van der Waals surface area (Å²) in [6.07, 6.45) is 4.58. The van der Waals surface area contributed by atoms with Gasteiger partial charge >= 0.3 is 0 Å². The van der Waals surface area contributed by atoms with Gasteiger partial charge in [-0.15, -0.1) is 0 Å². The van der Waals surface area contributed by atoms with Crippen molar-refractivity contribution in [3.63, 3.8) is 0 Å². The second-order valence-electron chi connectivity index (χ2n) is 3.15. The molecule has 12 heavy (non-hydrogen) atoms. The van der Waals surface area contributed by atoms with Crippen LogP contribution in [0.2, 0.25) is 0 Å². The summed E-state index contributed by atoms with van der Waals surface area (Å²) < 4.78 is 0. The molecule has 3 N–H and O–H groups in total. The maximum absolute atomic E-state index is 11.0. The van der Waals surface area contributed by atoms with Gasteiger partial charge in [-0.2, -0.15) is 5.10 Å². The maximum atomic E-state index is 11.0. The van der Waals surface area contributed by atoms with E-state index in [2.05, 4.69) is 10.2 Å². The number of carbonyl (C=O) groups excluding carboxylic acids is 1. The molecular formula is C8H11N3O. The van der Waals surface area contributed by atoms with Gasteiger partial charge in [0.15, 0.2) is 0 Å². The fourth-order valence-electron chi connectivity index (χ4n) is 1.76. The molecule has 1 aliphatic rings. The van der Waals surface area contributed by atoms with Crippen LogP contribution in [-0.4, -0.2) is 16.1 Å². The van der Waals surface area contributed by atoms with E-state index in [1.807, 2.05) is 0 Å². The lowest BCUT2D eigenvalue weighted by molar-refractivity contribution is -0.119. The third-order valence-corrected chi connectivity index (χ3v) is 2.39. The number of nitrogens with one attached hydrogen (secondary N) is 1. The van der Waals surface area contributed by atoms with Gasteiger partial charge in [0, 0.05) is 11.3 Å². The molecule has 4 nitrogen and oxygen atoms in total. The van der Waals surface area contributed by atoms with Crippen LogP contribution in [0.3, 0.4) is 0 Å². The van der Waals surface area contributed by atoms with Crippen molar-refractivity contribution in [2.75, 3.05) is 0 Å². The zero-order valence-electron chi connectivity index (χ0n) is 6.71. The van der Waals surface area contributed by atoms with Crippen molar-refractivity contribution in [2.45, 2.75) is 25.2 Å². The van der Waals surface area contributed by atoms with E-state index in [1.165, 1.54) is 0 Å². The largest absolute Gasteiger partial charge is 0.369 e. The van der Waals surface area contributed by atoms with Crippen LogP contribution in [0.25, 0.3) is 0 Å². The van der Waals surface area contributed by atoms with Crippen LogP contribution < -0.4 is 5.73 Å². The number of aromatic amines is 1. The Bertz CT molecular complexity index is 305. The van der Waals surface area contributed by atoms with Gasteiger partial charge in [0.05, 0.1) is 12.1 Å². The maximum Gasteiger partial charge on any atom is 0.225 e. The molecule has 0 bridgehead atoms. The van der Waals surface area contributed by atoms with Crippen molar-refractivity contribution >= 4 is 5.91 Å². The lowest BCUT2D eigenvalue weighted by Gasteiger charge is -2.18. The fourth-order valence-corrected chi connectivity index (χ4v) is 1.76. The molecule has 0 fully saturated rings.